The van der Waals surface area contributed by atoms with Crippen molar-refractivity contribution in [2.45, 2.75) is 40.5 Å². The summed E-state index contributed by atoms with van der Waals surface area (Å²) < 4.78 is 0. The monoisotopic (exact) mass is 277 g/mol. The number of imide groups is 1. The van der Waals surface area contributed by atoms with E-state index in [0.29, 0.717) is 30.5 Å². The maximum atomic E-state index is 11.8. The Morgan fingerprint density at radius 3 is 1.80 bits per heavy atom. The van der Waals surface area contributed by atoms with Crippen molar-refractivity contribution < 1.29 is 14.4 Å². The molecule has 4 heteroatoms. The van der Waals surface area contributed by atoms with Gasteiger partial charge in [-0.2, -0.15) is 0 Å². The maximum absolute atomic E-state index is 11.8. The summed E-state index contributed by atoms with van der Waals surface area (Å²) in [5.74, 6) is -0.516. The number of aldehydes is 1. The molecule has 2 rings (SSSR count). The van der Waals surface area contributed by atoms with Crippen molar-refractivity contribution >= 4 is 18.1 Å². The summed E-state index contributed by atoms with van der Waals surface area (Å²) in [6.07, 6.45) is 1.68. The summed E-state index contributed by atoms with van der Waals surface area (Å²) >= 11 is 0. The number of carbonyl (C=O) groups excluding carboxylic acids is 3. The van der Waals surface area contributed by atoms with Crippen molar-refractivity contribution in [1.82, 2.24) is 4.90 Å². The van der Waals surface area contributed by atoms with Gasteiger partial charge in [0, 0.05) is 13.0 Å². The molecule has 1 aromatic rings. The molecule has 1 aromatic carbocycles. The van der Waals surface area contributed by atoms with Crippen LogP contribution in [0.15, 0.2) is 24.3 Å². The van der Waals surface area contributed by atoms with Crippen molar-refractivity contribution in [2.24, 2.45) is 0 Å². The van der Waals surface area contributed by atoms with Crippen LogP contribution in [0.25, 0.3) is 0 Å². The molecule has 0 N–H and O–H groups in total. The third kappa shape index (κ3) is 4.02. The lowest BCUT2D eigenvalue weighted by Gasteiger charge is -2.12. The van der Waals surface area contributed by atoms with Gasteiger partial charge in [0.2, 0.25) is 0 Å². The largest absolute Gasteiger partial charge is 0.303 e. The lowest BCUT2D eigenvalue weighted by atomic mass is 10.1. The third-order valence-corrected chi connectivity index (χ3v) is 2.58. The van der Waals surface area contributed by atoms with Crippen molar-refractivity contribution in [2.75, 3.05) is 6.54 Å². The predicted octanol–water partition coefficient (Wildman–Crippen LogP) is 3.31. The van der Waals surface area contributed by atoms with Gasteiger partial charge in [0.15, 0.2) is 0 Å². The Kier molecular flexibility index (Phi) is 8.92. The molecular weight excluding hydrogens is 254 g/mol. The normalized spacial score (nSPS) is 11.9. The number of nitrogens with zero attached hydrogens (tertiary/aromatic N) is 1. The van der Waals surface area contributed by atoms with Gasteiger partial charge >= 0.3 is 0 Å². The van der Waals surface area contributed by atoms with Gasteiger partial charge in [-0.3, -0.25) is 14.5 Å². The molecule has 110 valence electrons. The molecule has 0 saturated heterocycles. The molecular formula is C16H23NO3. The summed E-state index contributed by atoms with van der Waals surface area (Å²) in [5.41, 5.74) is 0.914. The highest BCUT2D eigenvalue weighted by atomic mass is 16.2. The summed E-state index contributed by atoms with van der Waals surface area (Å²) in [6.45, 7) is 8.31. The molecule has 4 nitrogen and oxygen atoms in total. The molecule has 20 heavy (non-hydrogen) atoms. The van der Waals surface area contributed by atoms with Crippen LogP contribution in [0.4, 0.5) is 0 Å². The second-order valence-electron chi connectivity index (χ2n) is 3.62. The molecule has 1 aliphatic rings. The van der Waals surface area contributed by atoms with Crippen LogP contribution in [0.1, 0.15) is 61.3 Å². The second kappa shape index (κ2) is 9.89. The van der Waals surface area contributed by atoms with Gasteiger partial charge in [-0.15, -0.1) is 0 Å². The number of rotatable bonds is 4. The van der Waals surface area contributed by atoms with E-state index < -0.39 is 0 Å². The van der Waals surface area contributed by atoms with Crippen LogP contribution < -0.4 is 0 Å². The molecule has 0 atom stereocenters. The number of hydrogen-bond donors (Lipinski definition) is 0. The van der Waals surface area contributed by atoms with E-state index in [1.54, 1.807) is 24.3 Å². The van der Waals surface area contributed by atoms with E-state index in [2.05, 4.69) is 0 Å². The maximum Gasteiger partial charge on any atom is 0.261 e. The summed E-state index contributed by atoms with van der Waals surface area (Å²) in [5, 5.41) is 0. The SMILES string of the molecule is CC.CC.O=CCCCN1C(=O)c2ccccc2C1=O. The average Bonchev–Trinajstić information content (AvgIpc) is 2.77. The molecule has 0 radical (unpaired) electrons. The summed E-state index contributed by atoms with van der Waals surface area (Å²) in [6, 6.07) is 6.77. The van der Waals surface area contributed by atoms with Gasteiger partial charge in [0.1, 0.15) is 6.29 Å². The van der Waals surface area contributed by atoms with Crippen LogP contribution >= 0.6 is 0 Å². The van der Waals surface area contributed by atoms with Gasteiger partial charge in [-0.25, -0.2) is 0 Å². The number of carbonyl (C=O) groups is 3. The molecule has 2 amide bonds. The zero-order valence-electron chi connectivity index (χ0n) is 12.7. The number of amides is 2. The zero-order valence-corrected chi connectivity index (χ0v) is 12.7. The molecule has 0 bridgehead atoms. The first kappa shape index (κ1) is 18.0. The molecule has 0 saturated carbocycles. The molecule has 1 aliphatic heterocycles. The zero-order chi connectivity index (χ0) is 15.5. The van der Waals surface area contributed by atoms with Crippen LogP contribution in [-0.4, -0.2) is 29.5 Å². The molecule has 0 aliphatic carbocycles. The Morgan fingerprint density at radius 1 is 0.950 bits per heavy atom. The molecule has 0 unspecified atom stereocenters. The molecule has 0 fully saturated rings. The van der Waals surface area contributed by atoms with E-state index in [4.69, 9.17) is 0 Å². The van der Waals surface area contributed by atoms with Crippen LogP contribution in [0.3, 0.4) is 0 Å². The molecule has 0 aromatic heterocycles. The van der Waals surface area contributed by atoms with Gasteiger partial charge < -0.3 is 4.79 Å². The van der Waals surface area contributed by atoms with Gasteiger partial charge in [-0.05, 0) is 18.6 Å². The quantitative estimate of drug-likeness (QED) is 0.482. The third-order valence-electron chi connectivity index (χ3n) is 2.58. The Hall–Kier alpha value is -1.97. The first-order chi connectivity index (χ1) is 9.75. The first-order valence-corrected chi connectivity index (χ1v) is 7.14. The fourth-order valence-corrected chi connectivity index (χ4v) is 1.77. The van der Waals surface area contributed by atoms with Crippen LogP contribution in [0.2, 0.25) is 0 Å². The van der Waals surface area contributed by atoms with Crippen molar-refractivity contribution in [3.8, 4) is 0 Å². The first-order valence-electron chi connectivity index (χ1n) is 7.14. The van der Waals surface area contributed by atoms with Gasteiger partial charge in [-0.1, -0.05) is 39.8 Å². The lowest BCUT2D eigenvalue weighted by molar-refractivity contribution is -0.108. The minimum Gasteiger partial charge on any atom is -0.303 e. The summed E-state index contributed by atoms with van der Waals surface area (Å²) in [7, 11) is 0. The van der Waals surface area contributed by atoms with Crippen LogP contribution in [-0.2, 0) is 4.79 Å². The highest BCUT2D eigenvalue weighted by Gasteiger charge is 2.34. The van der Waals surface area contributed by atoms with E-state index in [0.717, 1.165) is 6.29 Å². The standard InChI is InChI=1S/C12H11NO3.2C2H6/c14-8-4-3-7-13-11(15)9-5-1-2-6-10(9)12(13)16;2*1-2/h1-2,5-6,8H,3-4,7H2;2*1-2H3. The smallest absolute Gasteiger partial charge is 0.261 e. The highest BCUT2D eigenvalue weighted by molar-refractivity contribution is 6.21. The number of unbranched alkanes of at least 4 members (excludes halogenated alkanes) is 1. The van der Waals surface area contributed by atoms with E-state index in [9.17, 15) is 14.4 Å². The fraction of sp³-hybridized carbons (Fsp3) is 0.438. The topological polar surface area (TPSA) is 54.5 Å². The van der Waals surface area contributed by atoms with E-state index >= 15 is 0 Å². The lowest BCUT2D eigenvalue weighted by Crippen LogP contribution is -2.30. The Labute approximate surface area is 120 Å². The Balaban J connectivity index is 0.000000829. The fourth-order valence-electron chi connectivity index (χ4n) is 1.77. The van der Waals surface area contributed by atoms with E-state index in [1.807, 2.05) is 27.7 Å². The second-order valence-corrected chi connectivity index (χ2v) is 3.62. The van der Waals surface area contributed by atoms with E-state index in [1.165, 1.54) is 4.90 Å². The number of benzene rings is 1. The predicted molar refractivity (Wildman–Crippen MR) is 79.8 cm³/mol. The minimum absolute atomic E-state index is 0.258. The van der Waals surface area contributed by atoms with Crippen LogP contribution in [0, 0.1) is 0 Å². The molecule has 0 spiro atoms. The highest BCUT2D eigenvalue weighted by Crippen LogP contribution is 2.22. The minimum atomic E-state index is -0.258. The molecule has 1 heterocycles. The van der Waals surface area contributed by atoms with Crippen LogP contribution in [0.5, 0.6) is 0 Å². The van der Waals surface area contributed by atoms with Gasteiger partial charge in [0.25, 0.3) is 11.8 Å². The Bertz CT molecular complexity index is 420. The van der Waals surface area contributed by atoms with Crippen molar-refractivity contribution in [1.29, 1.82) is 0 Å². The summed E-state index contributed by atoms with van der Waals surface area (Å²) in [4.78, 5) is 35.0. The average molecular weight is 277 g/mol. The van der Waals surface area contributed by atoms with Crippen molar-refractivity contribution in [3.05, 3.63) is 35.4 Å². The van der Waals surface area contributed by atoms with E-state index in [-0.39, 0.29) is 11.8 Å². The Morgan fingerprint density at radius 2 is 1.40 bits per heavy atom. The number of fused-ring (bicyclic) bond motifs is 1. The number of hydrogen-bond acceptors (Lipinski definition) is 3. The van der Waals surface area contributed by atoms with Gasteiger partial charge in [0.05, 0.1) is 11.1 Å². The van der Waals surface area contributed by atoms with Crippen molar-refractivity contribution in [3.63, 3.8) is 0 Å².